The number of sulfonamides is 1. The predicted octanol–water partition coefficient (Wildman–Crippen LogP) is 3.13. The third-order valence-corrected chi connectivity index (χ3v) is 4.09. The molecule has 4 nitrogen and oxygen atoms in total. The van der Waals surface area contributed by atoms with Crippen molar-refractivity contribution in [2.75, 3.05) is 0 Å². The molecule has 0 aliphatic rings. The van der Waals surface area contributed by atoms with E-state index in [0.717, 1.165) is 17.5 Å². The SMILES string of the molecule is NS(=O)(=O)Cc1ccc2c(c1)[nH]c1cc(C(F)(F)F)ccc12. The van der Waals surface area contributed by atoms with E-state index in [4.69, 9.17) is 5.14 Å². The van der Waals surface area contributed by atoms with Gasteiger partial charge in [-0.15, -0.1) is 0 Å². The lowest BCUT2D eigenvalue weighted by atomic mass is 10.1. The molecule has 0 radical (unpaired) electrons. The average Bonchev–Trinajstić information content (AvgIpc) is 2.72. The Morgan fingerprint density at radius 2 is 1.59 bits per heavy atom. The van der Waals surface area contributed by atoms with Crippen molar-refractivity contribution in [3.05, 3.63) is 47.5 Å². The molecule has 3 N–H and O–H groups in total. The van der Waals surface area contributed by atoms with Crippen LogP contribution in [0, 0.1) is 0 Å². The standard InChI is InChI=1S/C14H11F3N2O2S/c15-14(16,17)9-2-4-11-10-3-1-8(7-22(18,20)21)5-12(10)19-13(11)6-9/h1-6,19H,7H2,(H2,18,20,21). The highest BCUT2D eigenvalue weighted by molar-refractivity contribution is 7.88. The number of alkyl halides is 3. The van der Waals surface area contributed by atoms with Crippen molar-refractivity contribution in [2.24, 2.45) is 5.14 Å². The fourth-order valence-electron chi connectivity index (χ4n) is 2.46. The highest BCUT2D eigenvalue weighted by Gasteiger charge is 2.30. The molecule has 1 heterocycles. The summed E-state index contributed by atoms with van der Waals surface area (Å²) in [6.07, 6.45) is -4.41. The first-order valence-electron chi connectivity index (χ1n) is 6.25. The summed E-state index contributed by atoms with van der Waals surface area (Å²) in [6, 6.07) is 8.30. The van der Waals surface area contributed by atoms with Crippen molar-refractivity contribution in [2.45, 2.75) is 11.9 Å². The largest absolute Gasteiger partial charge is 0.416 e. The predicted molar refractivity (Wildman–Crippen MR) is 77.6 cm³/mol. The van der Waals surface area contributed by atoms with Crippen LogP contribution in [0.25, 0.3) is 21.8 Å². The molecule has 0 atom stereocenters. The van der Waals surface area contributed by atoms with Crippen molar-refractivity contribution >= 4 is 31.8 Å². The number of aromatic amines is 1. The number of nitrogens with two attached hydrogens (primary N) is 1. The minimum absolute atomic E-state index is 0.327. The molecular weight excluding hydrogens is 317 g/mol. The maximum Gasteiger partial charge on any atom is 0.416 e. The number of benzene rings is 2. The Bertz CT molecular complexity index is 975. The van der Waals surface area contributed by atoms with Gasteiger partial charge in [-0.25, -0.2) is 13.6 Å². The van der Waals surface area contributed by atoms with E-state index in [2.05, 4.69) is 4.98 Å². The molecule has 0 saturated heterocycles. The van der Waals surface area contributed by atoms with Crippen molar-refractivity contribution in [3.8, 4) is 0 Å². The number of fused-ring (bicyclic) bond motifs is 3. The van der Waals surface area contributed by atoms with Gasteiger partial charge in [0, 0.05) is 21.8 Å². The molecular formula is C14H11F3N2O2S. The Hall–Kier alpha value is -2.06. The summed E-state index contributed by atoms with van der Waals surface area (Å²) < 4.78 is 60.4. The molecule has 0 unspecified atom stereocenters. The first-order valence-corrected chi connectivity index (χ1v) is 7.97. The van der Waals surface area contributed by atoms with Crippen LogP contribution in [0.15, 0.2) is 36.4 Å². The maximum atomic E-state index is 12.7. The third kappa shape index (κ3) is 2.79. The highest BCUT2D eigenvalue weighted by atomic mass is 32.2. The summed E-state index contributed by atoms with van der Waals surface area (Å²) in [7, 11) is -3.66. The fraction of sp³-hybridized carbons (Fsp3) is 0.143. The van der Waals surface area contributed by atoms with Crippen LogP contribution >= 0.6 is 0 Å². The van der Waals surface area contributed by atoms with Crippen LogP contribution in [0.1, 0.15) is 11.1 Å². The highest BCUT2D eigenvalue weighted by Crippen LogP contribution is 2.33. The van der Waals surface area contributed by atoms with Gasteiger partial charge in [-0.1, -0.05) is 18.2 Å². The second-order valence-corrected chi connectivity index (χ2v) is 6.68. The van der Waals surface area contributed by atoms with Crippen LogP contribution in [-0.4, -0.2) is 13.4 Å². The maximum absolute atomic E-state index is 12.7. The van der Waals surface area contributed by atoms with Crippen molar-refractivity contribution in [1.29, 1.82) is 0 Å². The van der Waals surface area contributed by atoms with E-state index in [0.29, 0.717) is 22.0 Å². The molecule has 0 saturated carbocycles. The molecule has 0 fully saturated rings. The lowest BCUT2D eigenvalue weighted by Gasteiger charge is -2.05. The van der Waals surface area contributed by atoms with Crippen LogP contribution < -0.4 is 5.14 Å². The molecule has 0 aliphatic carbocycles. The molecule has 3 rings (SSSR count). The number of aromatic nitrogens is 1. The molecule has 3 aromatic rings. The summed E-state index contributed by atoms with van der Waals surface area (Å²) in [6.45, 7) is 0. The molecule has 0 aliphatic heterocycles. The zero-order valence-electron chi connectivity index (χ0n) is 11.1. The Balaban J connectivity index is 2.16. The fourth-order valence-corrected chi connectivity index (χ4v) is 3.10. The molecule has 0 spiro atoms. The number of halogens is 3. The first kappa shape index (κ1) is 14.9. The summed E-state index contributed by atoms with van der Waals surface area (Å²) in [5.41, 5.74) is 0.641. The second-order valence-electron chi connectivity index (χ2n) is 5.07. The van der Waals surface area contributed by atoms with E-state index in [-0.39, 0.29) is 5.75 Å². The van der Waals surface area contributed by atoms with Crippen LogP contribution in [0.5, 0.6) is 0 Å². The topological polar surface area (TPSA) is 76.0 Å². The Kier molecular flexibility index (Phi) is 3.19. The van der Waals surface area contributed by atoms with Crippen molar-refractivity contribution < 1.29 is 21.6 Å². The molecule has 22 heavy (non-hydrogen) atoms. The Morgan fingerprint density at radius 1 is 1.00 bits per heavy atom. The van der Waals surface area contributed by atoms with Gasteiger partial charge in [-0.05, 0) is 23.8 Å². The molecule has 0 amide bonds. The van der Waals surface area contributed by atoms with E-state index in [9.17, 15) is 21.6 Å². The molecule has 1 aromatic heterocycles. The van der Waals surface area contributed by atoms with E-state index in [1.807, 2.05) is 0 Å². The minimum Gasteiger partial charge on any atom is -0.354 e. The number of primary sulfonamides is 1. The van der Waals surface area contributed by atoms with Gasteiger partial charge in [-0.2, -0.15) is 13.2 Å². The minimum atomic E-state index is -4.41. The van der Waals surface area contributed by atoms with Gasteiger partial charge in [-0.3, -0.25) is 0 Å². The summed E-state index contributed by atoms with van der Waals surface area (Å²) in [4.78, 5) is 2.88. The Morgan fingerprint density at radius 3 is 2.18 bits per heavy atom. The normalized spacial score (nSPS) is 13.1. The smallest absolute Gasteiger partial charge is 0.354 e. The van der Waals surface area contributed by atoms with Crippen molar-refractivity contribution in [3.63, 3.8) is 0 Å². The third-order valence-electron chi connectivity index (χ3n) is 3.36. The number of hydrogen-bond donors (Lipinski definition) is 2. The average molecular weight is 328 g/mol. The van der Waals surface area contributed by atoms with Crippen LogP contribution in [0.2, 0.25) is 0 Å². The van der Waals surface area contributed by atoms with Gasteiger partial charge in [0.2, 0.25) is 10.0 Å². The van der Waals surface area contributed by atoms with Gasteiger partial charge in [0.1, 0.15) is 0 Å². The molecule has 2 aromatic carbocycles. The van der Waals surface area contributed by atoms with Gasteiger partial charge in [0.15, 0.2) is 0 Å². The van der Waals surface area contributed by atoms with E-state index >= 15 is 0 Å². The molecule has 116 valence electrons. The summed E-state index contributed by atoms with van der Waals surface area (Å²) >= 11 is 0. The van der Waals surface area contributed by atoms with Gasteiger partial charge in [0.05, 0.1) is 11.3 Å². The Labute approximate surface area is 123 Å². The molecule has 8 heteroatoms. The molecule has 0 bridgehead atoms. The van der Waals surface area contributed by atoms with E-state index < -0.39 is 21.8 Å². The van der Waals surface area contributed by atoms with Crippen LogP contribution in [-0.2, 0) is 22.0 Å². The zero-order chi connectivity index (χ0) is 16.1. The monoisotopic (exact) mass is 328 g/mol. The van der Waals surface area contributed by atoms with Gasteiger partial charge in [0.25, 0.3) is 0 Å². The summed E-state index contributed by atoms with van der Waals surface area (Å²) in [5, 5.41) is 6.36. The summed E-state index contributed by atoms with van der Waals surface area (Å²) in [5.74, 6) is -0.327. The van der Waals surface area contributed by atoms with Gasteiger partial charge >= 0.3 is 6.18 Å². The van der Waals surface area contributed by atoms with Crippen LogP contribution in [0.4, 0.5) is 13.2 Å². The van der Waals surface area contributed by atoms with Crippen LogP contribution in [0.3, 0.4) is 0 Å². The van der Waals surface area contributed by atoms with Crippen molar-refractivity contribution in [1.82, 2.24) is 4.98 Å². The lowest BCUT2D eigenvalue weighted by Crippen LogP contribution is -2.14. The van der Waals surface area contributed by atoms with E-state index in [1.165, 1.54) is 6.07 Å². The lowest BCUT2D eigenvalue weighted by molar-refractivity contribution is -0.137. The first-order chi connectivity index (χ1) is 10.1. The number of rotatable bonds is 2. The van der Waals surface area contributed by atoms with E-state index in [1.54, 1.807) is 18.2 Å². The number of H-pyrrole nitrogens is 1. The zero-order valence-corrected chi connectivity index (χ0v) is 11.9. The second kappa shape index (κ2) is 4.72. The van der Waals surface area contributed by atoms with Gasteiger partial charge < -0.3 is 4.98 Å². The number of nitrogens with one attached hydrogen (secondary N) is 1. The number of hydrogen-bond acceptors (Lipinski definition) is 2. The quantitative estimate of drug-likeness (QED) is 0.758.